The lowest BCUT2D eigenvalue weighted by molar-refractivity contribution is 0.437. The van der Waals surface area contributed by atoms with Crippen molar-refractivity contribution in [2.24, 2.45) is 5.92 Å². The molecule has 1 aliphatic heterocycles. The van der Waals surface area contributed by atoms with Gasteiger partial charge in [-0.1, -0.05) is 18.9 Å². The monoisotopic (exact) mass is 183 g/mol. The zero-order chi connectivity index (χ0) is 8.39. The maximum absolute atomic E-state index is 3.23. The van der Waals surface area contributed by atoms with Gasteiger partial charge in [0, 0.05) is 11.8 Å². The molecule has 2 rings (SSSR count). The smallest absolute Gasteiger partial charge is 0.0259 e. The Labute approximate surface area is 79.0 Å². The molecule has 2 heteroatoms. The number of hydrogen-bond donors (Lipinski definition) is 1. The molecular weight excluding hydrogens is 166 g/mol. The summed E-state index contributed by atoms with van der Waals surface area (Å²) in [4.78, 5) is 1.58. The highest BCUT2D eigenvalue weighted by atomic mass is 32.2. The first kappa shape index (κ1) is 8.64. The summed E-state index contributed by atoms with van der Waals surface area (Å²) in [6, 6.07) is 0. The van der Waals surface area contributed by atoms with Crippen LogP contribution in [0.15, 0.2) is 11.0 Å². The number of nitrogens with one attached hydrogen (secondary N) is 1. The quantitative estimate of drug-likeness (QED) is 0.705. The van der Waals surface area contributed by atoms with E-state index in [9.17, 15) is 0 Å². The predicted molar refractivity (Wildman–Crippen MR) is 55.3 cm³/mol. The Morgan fingerprint density at radius 1 is 1.50 bits per heavy atom. The van der Waals surface area contributed by atoms with Crippen LogP contribution < -0.4 is 5.32 Å². The molecule has 0 radical (unpaired) electrons. The van der Waals surface area contributed by atoms with Gasteiger partial charge in [0.1, 0.15) is 0 Å². The summed E-state index contributed by atoms with van der Waals surface area (Å²) in [6.07, 6.45) is 8.29. The second-order valence-corrected chi connectivity index (χ2v) is 5.13. The van der Waals surface area contributed by atoms with E-state index in [2.05, 4.69) is 23.2 Å². The fraction of sp³-hybridized carbons (Fsp3) is 0.800. The second kappa shape index (κ2) is 3.84. The summed E-state index contributed by atoms with van der Waals surface area (Å²) in [5, 5.41) is 4.16. The van der Waals surface area contributed by atoms with Crippen LogP contribution >= 0.6 is 11.8 Å². The van der Waals surface area contributed by atoms with Crippen molar-refractivity contribution < 1.29 is 0 Å². The van der Waals surface area contributed by atoms with Crippen molar-refractivity contribution in [2.75, 3.05) is 13.6 Å². The molecule has 0 aromatic carbocycles. The predicted octanol–water partition coefficient (Wildman–Crippen LogP) is 2.40. The summed E-state index contributed by atoms with van der Waals surface area (Å²) in [5.74, 6) is 0.909. The van der Waals surface area contributed by atoms with Crippen LogP contribution in [0.3, 0.4) is 0 Å². The van der Waals surface area contributed by atoms with Gasteiger partial charge in [-0.3, -0.25) is 0 Å². The highest BCUT2D eigenvalue weighted by molar-refractivity contribution is 8.04. The third kappa shape index (κ3) is 1.69. The SMILES string of the molecule is CNCC1=CC2CCCCC2S1. The van der Waals surface area contributed by atoms with E-state index in [1.54, 1.807) is 4.91 Å². The molecule has 2 aliphatic rings. The average molecular weight is 183 g/mol. The second-order valence-electron chi connectivity index (χ2n) is 3.77. The van der Waals surface area contributed by atoms with Gasteiger partial charge in [0.2, 0.25) is 0 Å². The maximum atomic E-state index is 3.23. The number of thioether (sulfide) groups is 1. The Hall–Kier alpha value is 0.0500. The number of likely N-dealkylation sites (N-methyl/N-ethyl adjacent to an activating group) is 1. The van der Waals surface area contributed by atoms with Gasteiger partial charge < -0.3 is 5.32 Å². The molecule has 0 amide bonds. The summed E-state index contributed by atoms with van der Waals surface area (Å²) in [7, 11) is 2.03. The van der Waals surface area contributed by atoms with Gasteiger partial charge in [-0.15, -0.1) is 11.8 Å². The molecule has 12 heavy (non-hydrogen) atoms. The van der Waals surface area contributed by atoms with E-state index < -0.39 is 0 Å². The zero-order valence-electron chi connectivity index (χ0n) is 7.68. The standard InChI is InChI=1S/C10H17NS/c1-11-7-9-6-8-4-2-3-5-10(8)12-9/h6,8,10-11H,2-5,7H2,1H3. The molecular formula is C10H17NS. The fourth-order valence-corrected chi connectivity index (χ4v) is 3.75. The molecule has 2 atom stereocenters. The lowest BCUT2D eigenvalue weighted by atomic mass is 9.89. The minimum Gasteiger partial charge on any atom is -0.315 e. The van der Waals surface area contributed by atoms with Gasteiger partial charge in [-0.2, -0.15) is 0 Å². The highest BCUT2D eigenvalue weighted by Crippen LogP contribution is 2.43. The number of hydrogen-bond acceptors (Lipinski definition) is 2. The Morgan fingerprint density at radius 2 is 2.33 bits per heavy atom. The lowest BCUT2D eigenvalue weighted by Crippen LogP contribution is -2.16. The average Bonchev–Trinajstić information content (AvgIpc) is 2.47. The van der Waals surface area contributed by atoms with E-state index in [1.165, 1.54) is 25.7 Å². The third-order valence-electron chi connectivity index (χ3n) is 2.81. The Morgan fingerprint density at radius 3 is 3.08 bits per heavy atom. The molecule has 1 nitrogen and oxygen atoms in total. The molecule has 68 valence electrons. The molecule has 0 aromatic rings. The van der Waals surface area contributed by atoms with E-state index in [4.69, 9.17) is 0 Å². The Kier molecular flexibility index (Phi) is 2.76. The van der Waals surface area contributed by atoms with E-state index in [0.29, 0.717) is 0 Å². The van der Waals surface area contributed by atoms with Gasteiger partial charge in [0.15, 0.2) is 0 Å². The largest absolute Gasteiger partial charge is 0.315 e. The van der Waals surface area contributed by atoms with E-state index in [-0.39, 0.29) is 0 Å². The molecule has 0 bridgehead atoms. The maximum Gasteiger partial charge on any atom is 0.0259 e. The zero-order valence-corrected chi connectivity index (χ0v) is 8.49. The minimum atomic E-state index is 0.909. The van der Waals surface area contributed by atoms with Gasteiger partial charge in [-0.05, 0) is 30.7 Å². The normalized spacial score (nSPS) is 34.6. The van der Waals surface area contributed by atoms with E-state index >= 15 is 0 Å². The Bertz CT molecular complexity index is 188. The topological polar surface area (TPSA) is 12.0 Å². The number of fused-ring (bicyclic) bond motifs is 1. The van der Waals surface area contributed by atoms with Crippen LogP contribution in [0.5, 0.6) is 0 Å². The summed E-state index contributed by atoms with van der Waals surface area (Å²) >= 11 is 2.12. The molecule has 2 unspecified atom stereocenters. The van der Waals surface area contributed by atoms with Crippen LogP contribution in [-0.2, 0) is 0 Å². The molecule has 0 aromatic heterocycles. The van der Waals surface area contributed by atoms with Crippen molar-refractivity contribution in [2.45, 2.75) is 30.9 Å². The van der Waals surface area contributed by atoms with Gasteiger partial charge in [0.05, 0.1) is 0 Å². The third-order valence-corrected chi connectivity index (χ3v) is 4.28. The van der Waals surface area contributed by atoms with Crippen molar-refractivity contribution in [1.82, 2.24) is 5.32 Å². The Balaban J connectivity index is 1.94. The molecule has 1 heterocycles. The molecule has 1 saturated carbocycles. The van der Waals surface area contributed by atoms with Crippen molar-refractivity contribution in [1.29, 1.82) is 0 Å². The minimum absolute atomic E-state index is 0.909. The van der Waals surface area contributed by atoms with Gasteiger partial charge in [-0.25, -0.2) is 0 Å². The first-order valence-corrected chi connectivity index (χ1v) is 5.80. The first-order valence-electron chi connectivity index (χ1n) is 4.92. The summed E-state index contributed by atoms with van der Waals surface area (Å²) < 4.78 is 0. The van der Waals surface area contributed by atoms with Crippen molar-refractivity contribution in [3.63, 3.8) is 0 Å². The van der Waals surface area contributed by atoms with Crippen molar-refractivity contribution in [3.8, 4) is 0 Å². The molecule has 1 fully saturated rings. The molecule has 1 N–H and O–H groups in total. The van der Waals surface area contributed by atoms with Crippen LogP contribution in [0, 0.1) is 5.92 Å². The highest BCUT2D eigenvalue weighted by Gasteiger charge is 2.29. The summed E-state index contributed by atoms with van der Waals surface area (Å²) in [6.45, 7) is 1.08. The van der Waals surface area contributed by atoms with Crippen LogP contribution in [0.25, 0.3) is 0 Å². The molecule has 0 spiro atoms. The van der Waals surface area contributed by atoms with Crippen molar-refractivity contribution in [3.05, 3.63) is 11.0 Å². The van der Waals surface area contributed by atoms with Crippen molar-refractivity contribution >= 4 is 11.8 Å². The van der Waals surface area contributed by atoms with E-state index in [1.807, 2.05) is 7.05 Å². The first-order chi connectivity index (χ1) is 5.90. The number of allylic oxidation sites excluding steroid dienone is 1. The molecule has 0 saturated heterocycles. The van der Waals surface area contributed by atoms with Gasteiger partial charge >= 0.3 is 0 Å². The summed E-state index contributed by atoms with van der Waals surface area (Å²) in [5.41, 5.74) is 0. The van der Waals surface area contributed by atoms with E-state index in [0.717, 1.165) is 17.7 Å². The molecule has 1 aliphatic carbocycles. The van der Waals surface area contributed by atoms with Crippen LogP contribution in [0.2, 0.25) is 0 Å². The number of rotatable bonds is 2. The fourth-order valence-electron chi connectivity index (χ4n) is 2.21. The van der Waals surface area contributed by atoms with Crippen LogP contribution in [0.1, 0.15) is 25.7 Å². The van der Waals surface area contributed by atoms with Crippen LogP contribution in [-0.4, -0.2) is 18.8 Å². The lowest BCUT2D eigenvalue weighted by Gasteiger charge is -2.23. The van der Waals surface area contributed by atoms with Crippen LogP contribution in [0.4, 0.5) is 0 Å². The van der Waals surface area contributed by atoms with Gasteiger partial charge in [0.25, 0.3) is 0 Å².